The summed E-state index contributed by atoms with van der Waals surface area (Å²) in [6.07, 6.45) is 3.03. The summed E-state index contributed by atoms with van der Waals surface area (Å²) in [7, 11) is 0. The molecule has 4 atom stereocenters. The number of aromatic amines is 1. The monoisotopic (exact) mass is 430 g/mol. The van der Waals surface area contributed by atoms with E-state index < -0.39 is 35.9 Å². The van der Waals surface area contributed by atoms with Gasteiger partial charge in [0, 0.05) is 23.5 Å². The molecule has 0 radical (unpaired) electrons. The molecule has 0 saturated carbocycles. The Bertz CT molecular complexity index is 908. The molecule has 8 heteroatoms. The molecule has 8 nitrogen and oxygen atoms in total. The van der Waals surface area contributed by atoms with E-state index in [1.165, 1.54) is 0 Å². The van der Waals surface area contributed by atoms with Crippen molar-refractivity contribution in [3.05, 3.63) is 36.0 Å². The van der Waals surface area contributed by atoms with Crippen molar-refractivity contribution in [1.29, 1.82) is 0 Å². The molecular weight excluding hydrogens is 396 g/mol. The Labute approximate surface area is 183 Å². The lowest BCUT2D eigenvalue weighted by Gasteiger charge is -2.25. The van der Waals surface area contributed by atoms with Gasteiger partial charge in [-0.3, -0.25) is 9.59 Å². The van der Waals surface area contributed by atoms with Crippen molar-refractivity contribution >= 4 is 28.7 Å². The zero-order valence-electron chi connectivity index (χ0n) is 18.6. The van der Waals surface area contributed by atoms with Crippen molar-refractivity contribution in [2.75, 3.05) is 0 Å². The van der Waals surface area contributed by atoms with Crippen LogP contribution in [0, 0.1) is 11.8 Å². The molecule has 0 aliphatic heterocycles. The van der Waals surface area contributed by atoms with E-state index >= 15 is 0 Å². The van der Waals surface area contributed by atoms with Crippen LogP contribution in [0.2, 0.25) is 0 Å². The fraction of sp³-hybridized carbons (Fsp3) is 0.522. The van der Waals surface area contributed by atoms with Crippen molar-refractivity contribution in [2.24, 2.45) is 17.6 Å². The quantitative estimate of drug-likeness (QED) is 0.372. The third-order valence-electron chi connectivity index (χ3n) is 5.61. The number of aromatic nitrogens is 1. The van der Waals surface area contributed by atoms with Crippen LogP contribution < -0.4 is 16.4 Å². The average Bonchev–Trinajstić information content (AvgIpc) is 3.13. The Morgan fingerprint density at radius 2 is 1.71 bits per heavy atom. The fourth-order valence-electron chi connectivity index (χ4n) is 3.48. The van der Waals surface area contributed by atoms with Gasteiger partial charge >= 0.3 is 5.97 Å². The Balaban J connectivity index is 2.26. The van der Waals surface area contributed by atoms with Crippen LogP contribution in [-0.4, -0.2) is 46.0 Å². The molecule has 0 bridgehead atoms. The van der Waals surface area contributed by atoms with Crippen LogP contribution in [0.5, 0.6) is 0 Å². The number of hydrogen-bond acceptors (Lipinski definition) is 4. The van der Waals surface area contributed by atoms with Crippen molar-refractivity contribution in [3.8, 4) is 0 Å². The number of amides is 2. The van der Waals surface area contributed by atoms with Crippen molar-refractivity contribution in [1.82, 2.24) is 15.6 Å². The summed E-state index contributed by atoms with van der Waals surface area (Å²) in [6, 6.07) is 4.93. The third-order valence-corrected chi connectivity index (χ3v) is 5.61. The highest BCUT2D eigenvalue weighted by atomic mass is 16.4. The number of H-pyrrole nitrogens is 1. The van der Waals surface area contributed by atoms with Gasteiger partial charge in [-0.15, -0.1) is 0 Å². The van der Waals surface area contributed by atoms with Crippen LogP contribution in [0.3, 0.4) is 0 Å². The number of carbonyl (C=O) groups excluding carboxylic acids is 2. The first-order chi connectivity index (χ1) is 14.6. The van der Waals surface area contributed by atoms with Crippen molar-refractivity contribution < 1.29 is 19.5 Å². The molecule has 0 spiro atoms. The third kappa shape index (κ3) is 6.55. The maximum Gasteiger partial charge on any atom is 0.326 e. The van der Waals surface area contributed by atoms with Gasteiger partial charge in [-0.05, 0) is 29.9 Å². The lowest BCUT2D eigenvalue weighted by atomic mass is 9.98. The molecule has 0 unspecified atom stereocenters. The molecule has 31 heavy (non-hydrogen) atoms. The summed E-state index contributed by atoms with van der Waals surface area (Å²) in [5, 5.41) is 15.8. The maximum absolute atomic E-state index is 13.1. The van der Waals surface area contributed by atoms with Gasteiger partial charge in [-0.25, -0.2) is 4.79 Å². The minimum atomic E-state index is -1.10. The molecular formula is C23H34N4O4. The zero-order valence-corrected chi connectivity index (χ0v) is 18.6. The van der Waals surface area contributed by atoms with E-state index in [0.29, 0.717) is 6.42 Å². The lowest BCUT2D eigenvalue weighted by Crippen LogP contribution is -2.56. The number of rotatable bonds is 11. The standard InChI is InChI=1S/C23H34N4O4/c1-5-14(4)20(24)22(29)26-18(21(28)27-19(23(30)31)10-13(2)3)11-15-12-25-17-9-7-6-8-16(15)17/h6-9,12-14,18-20,25H,5,10-11,24H2,1-4H3,(H,26,29)(H,27,28)(H,30,31)/t14-,18-,19-,20-/m0/s1. The molecule has 2 aromatic rings. The number of carboxylic acids is 1. The van der Waals surface area contributed by atoms with E-state index in [1.807, 2.05) is 52.0 Å². The highest BCUT2D eigenvalue weighted by molar-refractivity contribution is 5.93. The largest absolute Gasteiger partial charge is 0.480 e. The van der Waals surface area contributed by atoms with E-state index in [2.05, 4.69) is 15.6 Å². The van der Waals surface area contributed by atoms with Gasteiger partial charge in [0.2, 0.25) is 11.8 Å². The zero-order chi connectivity index (χ0) is 23.1. The first kappa shape index (κ1) is 24.4. The second-order valence-electron chi connectivity index (χ2n) is 8.57. The van der Waals surface area contributed by atoms with Gasteiger partial charge in [0.1, 0.15) is 12.1 Å². The summed E-state index contributed by atoms with van der Waals surface area (Å²) in [5.74, 6) is -2.03. The molecule has 0 aliphatic rings. The number of fused-ring (bicyclic) bond motifs is 1. The smallest absolute Gasteiger partial charge is 0.326 e. The number of hydrogen-bond donors (Lipinski definition) is 5. The number of benzene rings is 1. The highest BCUT2D eigenvalue weighted by Gasteiger charge is 2.30. The van der Waals surface area contributed by atoms with E-state index in [9.17, 15) is 19.5 Å². The molecule has 2 rings (SSSR count). The predicted molar refractivity (Wildman–Crippen MR) is 120 cm³/mol. The summed E-state index contributed by atoms with van der Waals surface area (Å²) in [6.45, 7) is 7.59. The molecule has 0 aliphatic carbocycles. The summed E-state index contributed by atoms with van der Waals surface area (Å²) >= 11 is 0. The SMILES string of the molecule is CC[C@H](C)[C@H](N)C(=O)N[C@@H](Cc1c[nH]c2ccccc12)C(=O)N[C@@H](CC(C)C)C(=O)O. The van der Waals surface area contributed by atoms with Crippen LogP contribution in [0.25, 0.3) is 10.9 Å². The second kappa shape index (κ2) is 10.9. The van der Waals surface area contributed by atoms with Crippen LogP contribution in [-0.2, 0) is 20.8 Å². The molecule has 2 amide bonds. The van der Waals surface area contributed by atoms with E-state index in [0.717, 1.165) is 22.9 Å². The molecule has 1 heterocycles. The molecule has 1 aromatic carbocycles. The van der Waals surface area contributed by atoms with Crippen LogP contribution in [0.4, 0.5) is 0 Å². The topological polar surface area (TPSA) is 137 Å². The predicted octanol–water partition coefficient (Wildman–Crippen LogP) is 2.18. The van der Waals surface area contributed by atoms with Gasteiger partial charge < -0.3 is 26.5 Å². The van der Waals surface area contributed by atoms with Gasteiger partial charge in [0.25, 0.3) is 0 Å². The minimum absolute atomic E-state index is 0.0514. The van der Waals surface area contributed by atoms with E-state index in [1.54, 1.807) is 6.20 Å². The molecule has 170 valence electrons. The van der Waals surface area contributed by atoms with Crippen molar-refractivity contribution in [2.45, 2.75) is 65.1 Å². The maximum atomic E-state index is 13.1. The Hall–Kier alpha value is -2.87. The normalized spacial score (nSPS) is 15.3. The number of para-hydroxylation sites is 1. The molecule has 0 saturated heterocycles. The number of nitrogens with two attached hydrogens (primary N) is 1. The van der Waals surface area contributed by atoms with E-state index in [4.69, 9.17) is 5.73 Å². The molecule has 0 fully saturated rings. The van der Waals surface area contributed by atoms with Gasteiger partial charge in [0.05, 0.1) is 6.04 Å². The van der Waals surface area contributed by atoms with Gasteiger partial charge in [-0.2, -0.15) is 0 Å². The average molecular weight is 431 g/mol. The summed E-state index contributed by atoms with van der Waals surface area (Å²) in [5.41, 5.74) is 7.82. The number of carbonyl (C=O) groups is 3. The Morgan fingerprint density at radius 1 is 1.06 bits per heavy atom. The summed E-state index contributed by atoms with van der Waals surface area (Å²) in [4.78, 5) is 40.5. The molecule has 6 N–H and O–H groups in total. The number of aliphatic carboxylic acids is 1. The Kier molecular flexibility index (Phi) is 8.62. The Morgan fingerprint density at radius 3 is 2.32 bits per heavy atom. The van der Waals surface area contributed by atoms with E-state index in [-0.39, 0.29) is 18.3 Å². The van der Waals surface area contributed by atoms with Crippen LogP contribution in [0.15, 0.2) is 30.5 Å². The lowest BCUT2D eigenvalue weighted by molar-refractivity contribution is -0.142. The fourth-order valence-corrected chi connectivity index (χ4v) is 3.48. The van der Waals surface area contributed by atoms with Crippen LogP contribution in [0.1, 0.15) is 46.1 Å². The second-order valence-corrected chi connectivity index (χ2v) is 8.57. The first-order valence-corrected chi connectivity index (χ1v) is 10.8. The minimum Gasteiger partial charge on any atom is -0.480 e. The molecule has 1 aromatic heterocycles. The highest BCUT2D eigenvalue weighted by Crippen LogP contribution is 2.19. The first-order valence-electron chi connectivity index (χ1n) is 10.8. The van der Waals surface area contributed by atoms with Gasteiger partial charge in [-0.1, -0.05) is 52.3 Å². The number of nitrogens with one attached hydrogen (secondary N) is 3. The number of carboxylic acid groups (broad SMARTS) is 1. The van der Waals surface area contributed by atoms with Crippen LogP contribution >= 0.6 is 0 Å². The van der Waals surface area contributed by atoms with Crippen molar-refractivity contribution in [3.63, 3.8) is 0 Å². The summed E-state index contributed by atoms with van der Waals surface area (Å²) < 4.78 is 0. The van der Waals surface area contributed by atoms with Gasteiger partial charge in [0.15, 0.2) is 0 Å².